The van der Waals surface area contributed by atoms with Crippen LogP contribution in [0.15, 0.2) is 121 Å². The highest BCUT2D eigenvalue weighted by atomic mass is 32.1. The summed E-state index contributed by atoms with van der Waals surface area (Å²) in [7, 11) is 0. The van der Waals surface area contributed by atoms with Gasteiger partial charge in [-0.3, -0.25) is 0 Å². The fourth-order valence-electron chi connectivity index (χ4n) is 4.20. The van der Waals surface area contributed by atoms with Gasteiger partial charge >= 0.3 is 0 Å². The zero-order chi connectivity index (χ0) is 21.3. The van der Waals surface area contributed by atoms with Crippen LogP contribution in [0.2, 0.25) is 0 Å². The van der Waals surface area contributed by atoms with E-state index >= 15 is 0 Å². The van der Waals surface area contributed by atoms with Gasteiger partial charge in [0.05, 0.1) is 9.75 Å². The quantitative estimate of drug-likeness (QED) is 0.254. The van der Waals surface area contributed by atoms with Gasteiger partial charge < -0.3 is 0 Å². The number of hydrogen-bond acceptors (Lipinski definition) is 2. The van der Waals surface area contributed by atoms with Crippen molar-refractivity contribution in [1.29, 1.82) is 0 Å². The van der Waals surface area contributed by atoms with Crippen molar-refractivity contribution < 1.29 is 0 Å². The second kappa shape index (κ2) is 8.23. The molecule has 32 heavy (non-hydrogen) atoms. The highest BCUT2D eigenvalue weighted by molar-refractivity contribution is 7.27. The monoisotopic (exact) mass is 444 g/mol. The van der Waals surface area contributed by atoms with Gasteiger partial charge in [-0.15, -0.1) is 22.7 Å². The molecule has 0 fully saturated rings. The summed E-state index contributed by atoms with van der Waals surface area (Å²) in [6, 6.07) is 43.4. The Morgan fingerprint density at radius 1 is 0.375 bits per heavy atom. The van der Waals surface area contributed by atoms with E-state index < -0.39 is 0 Å². The molecule has 0 aliphatic carbocycles. The summed E-state index contributed by atoms with van der Waals surface area (Å²) in [6.07, 6.45) is 0. The smallest absolute Gasteiger partial charge is 0.0534 e. The molecule has 0 spiro atoms. The maximum atomic E-state index is 2.36. The molecule has 2 heteroatoms. The third-order valence-electron chi connectivity index (χ3n) is 5.74. The molecule has 0 atom stereocenters. The van der Waals surface area contributed by atoms with E-state index in [1.807, 2.05) is 22.7 Å². The van der Waals surface area contributed by atoms with E-state index in [1.165, 1.54) is 52.5 Å². The summed E-state index contributed by atoms with van der Waals surface area (Å²) in [5.41, 5.74) is 5.12. The highest BCUT2D eigenvalue weighted by Crippen LogP contribution is 2.51. The van der Waals surface area contributed by atoms with Crippen molar-refractivity contribution in [3.05, 3.63) is 121 Å². The van der Waals surface area contributed by atoms with E-state index in [-0.39, 0.29) is 0 Å². The molecule has 0 bridgehead atoms. The summed E-state index contributed by atoms with van der Waals surface area (Å²) in [5.74, 6) is 0. The van der Waals surface area contributed by atoms with Gasteiger partial charge in [0.1, 0.15) is 0 Å². The molecule has 0 aliphatic rings. The lowest BCUT2D eigenvalue weighted by molar-refractivity contribution is 1.66. The van der Waals surface area contributed by atoms with Crippen LogP contribution in [-0.4, -0.2) is 0 Å². The molecule has 0 nitrogen and oxygen atoms in total. The molecule has 0 aliphatic heterocycles. The van der Waals surface area contributed by atoms with E-state index in [0.29, 0.717) is 0 Å². The molecule has 2 aromatic heterocycles. The first-order valence-corrected chi connectivity index (χ1v) is 12.3. The summed E-state index contributed by atoms with van der Waals surface area (Å²) >= 11 is 3.80. The zero-order valence-corrected chi connectivity index (χ0v) is 19.0. The Morgan fingerprint density at radius 2 is 0.875 bits per heavy atom. The first-order chi connectivity index (χ1) is 15.9. The Morgan fingerprint density at radius 3 is 1.50 bits per heavy atom. The van der Waals surface area contributed by atoms with Gasteiger partial charge in [0, 0.05) is 26.1 Å². The van der Waals surface area contributed by atoms with Crippen LogP contribution in [0.1, 0.15) is 0 Å². The Hall–Kier alpha value is -3.46. The summed E-state index contributed by atoms with van der Waals surface area (Å²) in [5, 5.41) is 2.65. The summed E-state index contributed by atoms with van der Waals surface area (Å²) in [4.78, 5) is 5.34. The first kappa shape index (κ1) is 19.2. The van der Waals surface area contributed by atoms with E-state index in [9.17, 15) is 0 Å². The van der Waals surface area contributed by atoms with Crippen molar-refractivity contribution in [3.63, 3.8) is 0 Å². The second-order valence-electron chi connectivity index (χ2n) is 7.76. The molecule has 0 unspecified atom stereocenters. The van der Waals surface area contributed by atoms with Crippen LogP contribution in [0, 0.1) is 0 Å². The maximum absolute atomic E-state index is 2.36. The minimum Gasteiger partial charge on any atom is -0.134 e. The molecule has 6 aromatic rings. The Labute approximate surface area is 196 Å². The molecular weight excluding hydrogens is 424 g/mol. The SMILES string of the molecule is c1ccc(-c2cc(-c3ccccc3)c(-c3sc(-c4ccccc4)c4ccccc34)s2)cc1. The molecular formula is C30H20S2. The minimum absolute atomic E-state index is 1.26. The van der Waals surface area contributed by atoms with Crippen LogP contribution in [0.3, 0.4) is 0 Å². The van der Waals surface area contributed by atoms with Crippen LogP contribution in [0.5, 0.6) is 0 Å². The van der Waals surface area contributed by atoms with E-state index in [4.69, 9.17) is 0 Å². The molecule has 4 aromatic carbocycles. The number of benzene rings is 4. The molecule has 0 saturated heterocycles. The van der Waals surface area contributed by atoms with Crippen molar-refractivity contribution in [2.24, 2.45) is 0 Å². The van der Waals surface area contributed by atoms with Crippen molar-refractivity contribution >= 4 is 33.4 Å². The standard InChI is InChI=1S/C30H20S2/c1-4-12-21(13-5-1)26-20-27(22-14-6-2-7-15-22)31-30(26)29-25-19-11-10-18-24(25)28(32-29)23-16-8-3-9-17-23/h1-20H. The van der Waals surface area contributed by atoms with Crippen LogP contribution in [-0.2, 0) is 0 Å². The van der Waals surface area contributed by atoms with Gasteiger partial charge in [-0.05, 0) is 22.8 Å². The van der Waals surface area contributed by atoms with Gasteiger partial charge in [0.2, 0.25) is 0 Å². The lowest BCUT2D eigenvalue weighted by atomic mass is 10.0. The lowest BCUT2D eigenvalue weighted by Crippen LogP contribution is -1.77. The fourth-order valence-corrected chi connectivity index (χ4v) is 6.83. The van der Waals surface area contributed by atoms with Crippen molar-refractivity contribution in [3.8, 4) is 41.8 Å². The highest BCUT2D eigenvalue weighted by Gasteiger charge is 2.20. The Kier molecular flexibility index (Phi) is 4.95. The molecule has 0 N–H and O–H groups in total. The fraction of sp³-hybridized carbons (Fsp3) is 0. The van der Waals surface area contributed by atoms with Gasteiger partial charge in [0.25, 0.3) is 0 Å². The average Bonchev–Trinajstić information content (AvgIpc) is 3.48. The Bertz CT molecular complexity index is 1490. The number of hydrogen-bond donors (Lipinski definition) is 0. The molecule has 0 saturated carbocycles. The third kappa shape index (κ3) is 3.38. The van der Waals surface area contributed by atoms with Gasteiger partial charge in [0.15, 0.2) is 0 Å². The average molecular weight is 445 g/mol. The van der Waals surface area contributed by atoms with Crippen LogP contribution >= 0.6 is 22.7 Å². The van der Waals surface area contributed by atoms with Gasteiger partial charge in [-0.2, -0.15) is 0 Å². The van der Waals surface area contributed by atoms with Crippen LogP contribution in [0.4, 0.5) is 0 Å². The van der Waals surface area contributed by atoms with Gasteiger partial charge in [-0.1, -0.05) is 115 Å². The van der Waals surface area contributed by atoms with Crippen molar-refractivity contribution in [2.75, 3.05) is 0 Å². The van der Waals surface area contributed by atoms with Crippen LogP contribution in [0.25, 0.3) is 52.5 Å². The van der Waals surface area contributed by atoms with E-state index in [1.54, 1.807) is 0 Å². The van der Waals surface area contributed by atoms with E-state index in [2.05, 4.69) is 121 Å². The zero-order valence-electron chi connectivity index (χ0n) is 17.4. The second-order valence-corrected chi connectivity index (χ2v) is 9.83. The normalized spacial score (nSPS) is 11.1. The number of fused-ring (bicyclic) bond motifs is 1. The topological polar surface area (TPSA) is 0 Å². The largest absolute Gasteiger partial charge is 0.134 e. The van der Waals surface area contributed by atoms with Crippen molar-refractivity contribution in [2.45, 2.75) is 0 Å². The first-order valence-electron chi connectivity index (χ1n) is 10.7. The summed E-state index contributed by atoms with van der Waals surface area (Å²) in [6.45, 7) is 0. The molecule has 0 amide bonds. The van der Waals surface area contributed by atoms with E-state index in [0.717, 1.165) is 0 Å². The van der Waals surface area contributed by atoms with Crippen molar-refractivity contribution in [1.82, 2.24) is 0 Å². The third-order valence-corrected chi connectivity index (χ3v) is 8.36. The number of thiophene rings is 2. The Balaban J connectivity index is 1.63. The predicted molar refractivity (Wildman–Crippen MR) is 141 cm³/mol. The molecule has 2 heterocycles. The lowest BCUT2D eigenvalue weighted by Gasteiger charge is -2.03. The summed E-state index contributed by atoms with van der Waals surface area (Å²) < 4.78 is 0. The molecule has 6 rings (SSSR count). The van der Waals surface area contributed by atoms with Gasteiger partial charge in [-0.25, -0.2) is 0 Å². The number of rotatable bonds is 4. The molecule has 152 valence electrons. The van der Waals surface area contributed by atoms with Crippen LogP contribution < -0.4 is 0 Å². The maximum Gasteiger partial charge on any atom is 0.0534 e. The predicted octanol–water partition coefficient (Wildman–Crippen LogP) is 9.63. The minimum atomic E-state index is 1.26. The molecule has 0 radical (unpaired) electrons.